The van der Waals surface area contributed by atoms with E-state index in [0.29, 0.717) is 13.2 Å². The number of ether oxygens (including phenoxy) is 1. The summed E-state index contributed by atoms with van der Waals surface area (Å²) >= 11 is 0. The van der Waals surface area contributed by atoms with Gasteiger partial charge in [0.25, 0.3) is 0 Å². The molecule has 0 saturated carbocycles. The molecule has 0 saturated heterocycles. The molecule has 0 aliphatic carbocycles. The van der Waals surface area contributed by atoms with Crippen LogP contribution in [0.4, 0.5) is 0 Å². The van der Waals surface area contributed by atoms with Crippen LogP contribution in [0, 0.1) is 0 Å². The summed E-state index contributed by atoms with van der Waals surface area (Å²) in [6, 6.07) is 0. The zero-order chi connectivity index (χ0) is 15.3. The van der Waals surface area contributed by atoms with Crippen molar-refractivity contribution in [3.63, 3.8) is 0 Å². The van der Waals surface area contributed by atoms with Crippen molar-refractivity contribution in [3.05, 3.63) is 25.3 Å². The normalized spacial score (nSPS) is 16.3. The van der Waals surface area contributed by atoms with Crippen molar-refractivity contribution >= 4 is 6.29 Å². The van der Waals surface area contributed by atoms with Crippen molar-refractivity contribution in [2.45, 2.75) is 24.4 Å². The molecule has 0 aromatic rings. The Balaban J connectivity index is 0. The second kappa shape index (κ2) is 13.3. The summed E-state index contributed by atoms with van der Waals surface area (Å²) < 4.78 is 4.90. The third kappa shape index (κ3) is 10.5. The largest absolute Gasteiger partial charge is 0.394 e. The van der Waals surface area contributed by atoms with Gasteiger partial charge in [-0.15, -0.1) is 13.2 Å². The second-order valence-corrected chi connectivity index (χ2v) is 3.47. The number of aldehydes is 1. The Hall–Kier alpha value is -1.09. The van der Waals surface area contributed by atoms with Crippen molar-refractivity contribution < 1.29 is 35.1 Å². The van der Waals surface area contributed by atoms with Crippen LogP contribution in [0.15, 0.2) is 25.3 Å². The standard InChI is InChI=1S/C6H12O6.C6H10O/c7-1-3(9)5(11)6(12)4(10)2-8;1-3-5-7-6-4-2/h1,3-6,8-12H,2H2;3-4H,1-2,5-6H2/t3-,4+,5+,6-;/m0./s1. The van der Waals surface area contributed by atoms with E-state index in [1.54, 1.807) is 12.2 Å². The summed E-state index contributed by atoms with van der Waals surface area (Å²) in [6.45, 7) is 7.42. The Kier molecular flexibility index (Phi) is 14.2. The number of aliphatic hydroxyl groups excluding tert-OH is 5. The third-order valence-corrected chi connectivity index (χ3v) is 1.89. The first kappa shape index (κ1) is 20.2. The van der Waals surface area contributed by atoms with Crippen LogP contribution in [0.25, 0.3) is 0 Å². The molecular formula is C12H22O7. The highest BCUT2D eigenvalue weighted by atomic mass is 16.5. The lowest BCUT2D eigenvalue weighted by molar-refractivity contribution is -0.136. The summed E-state index contributed by atoms with van der Waals surface area (Å²) in [5.41, 5.74) is 0. The maximum absolute atomic E-state index is 9.90. The monoisotopic (exact) mass is 278 g/mol. The predicted molar refractivity (Wildman–Crippen MR) is 68.4 cm³/mol. The van der Waals surface area contributed by atoms with Gasteiger partial charge in [-0.1, -0.05) is 12.2 Å². The third-order valence-electron chi connectivity index (χ3n) is 1.89. The van der Waals surface area contributed by atoms with Crippen LogP contribution in [-0.4, -0.2) is 76.1 Å². The fourth-order valence-electron chi connectivity index (χ4n) is 0.853. The van der Waals surface area contributed by atoms with Gasteiger partial charge in [0, 0.05) is 0 Å². The molecule has 0 aliphatic rings. The van der Waals surface area contributed by atoms with Gasteiger partial charge in [0.05, 0.1) is 19.8 Å². The van der Waals surface area contributed by atoms with Gasteiger partial charge in [0.2, 0.25) is 0 Å². The smallest absolute Gasteiger partial charge is 0.151 e. The topological polar surface area (TPSA) is 127 Å². The van der Waals surface area contributed by atoms with Gasteiger partial charge in [0.1, 0.15) is 24.4 Å². The lowest BCUT2D eigenvalue weighted by atomic mass is 10.0. The molecule has 112 valence electrons. The molecule has 7 nitrogen and oxygen atoms in total. The molecule has 0 rings (SSSR count). The first-order valence-electron chi connectivity index (χ1n) is 5.54. The van der Waals surface area contributed by atoms with Gasteiger partial charge < -0.3 is 35.1 Å². The lowest BCUT2D eigenvalue weighted by Gasteiger charge is -2.22. The van der Waals surface area contributed by atoms with E-state index in [0.717, 1.165) is 0 Å². The number of carbonyl (C=O) groups excluding carboxylic acids is 1. The molecule has 0 unspecified atom stereocenters. The van der Waals surface area contributed by atoms with E-state index in [9.17, 15) is 4.79 Å². The average Bonchev–Trinajstić information content (AvgIpc) is 2.45. The van der Waals surface area contributed by atoms with E-state index in [1.807, 2.05) is 0 Å². The van der Waals surface area contributed by atoms with Gasteiger partial charge in [-0.25, -0.2) is 0 Å². The van der Waals surface area contributed by atoms with Crippen LogP contribution in [0.2, 0.25) is 0 Å². The van der Waals surface area contributed by atoms with Crippen molar-refractivity contribution in [3.8, 4) is 0 Å². The molecule has 19 heavy (non-hydrogen) atoms. The molecule has 5 N–H and O–H groups in total. The highest BCUT2D eigenvalue weighted by Gasteiger charge is 2.29. The fourth-order valence-corrected chi connectivity index (χ4v) is 0.853. The van der Waals surface area contributed by atoms with E-state index in [1.165, 1.54) is 0 Å². The second-order valence-electron chi connectivity index (χ2n) is 3.47. The van der Waals surface area contributed by atoms with Crippen molar-refractivity contribution in [2.24, 2.45) is 0 Å². The number of aliphatic hydroxyl groups is 5. The molecule has 0 radical (unpaired) electrons. The van der Waals surface area contributed by atoms with E-state index in [-0.39, 0.29) is 6.29 Å². The lowest BCUT2D eigenvalue weighted by Crippen LogP contribution is -2.46. The minimum atomic E-state index is -1.79. The number of hydrogen-bond acceptors (Lipinski definition) is 7. The maximum atomic E-state index is 9.90. The average molecular weight is 278 g/mol. The zero-order valence-electron chi connectivity index (χ0n) is 10.6. The molecule has 0 aliphatic heterocycles. The summed E-state index contributed by atoms with van der Waals surface area (Å²) in [5, 5.41) is 43.5. The van der Waals surface area contributed by atoms with Gasteiger partial charge in [-0.05, 0) is 0 Å². The van der Waals surface area contributed by atoms with Crippen molar-refractivity contribution in [1.82, 2.24) is 0 Å². The first-order chi connectivity index (χ1) is 8.95. The van der Waals surface area contributed by atoms with E-state index >= 15 is 0 Å². The van der Waals surface area contributed by atoms with Crippen LogP contribution < -0.4 is 0 Å². The van der Waals surface area contributed by atoms with Gasteiger partial charge in [-0.3, -0.25) is 0 Å². The Morgan fingerprint density at radius 3 is 1.79 bits per heavy atom. The molecule has 7 heteroatoms. The highest BCUT2D eigenvalue weighted by Crippen LogP contribution is 2.02. The Bertz CT molecular complexity index is 236. The molecule has 0 fully saturated rings. The molecular weight excluding hydrogens is 256 g/mol. The van der Waals surface area contributed by atoms with Gasteiger partial charge in [-0.2, -0.15) is 0 Å². The summed E-state index contributed by atoms with van der Waals surface area (Å²) in [5.74, 6) is 0. The van der Waals surface area contributed by atoms with Gasteiger partial charge >= 0.3 is 0 Å². The number of carbonyl (C=O) groups is 1. The van der Waals surface area contributed by atoms with Crippen molar-refractivity contribution in [2.75, 3.05) is 19.8 Å². The molecule has 0 heterocycles. The fraction of sp³-hybridized carbons (Fsp3) is 0.583. The van der Waals surface area contributed by atoms with Crippen LogP contribution in [0.1, 0.15) is 0 Å². The summed E-state index contributed by atoms with van der Waals surface area (Å²) in [6.07, 6.45) is -3.42. The summed E-state index contributed by atoms with van der Waals surface area (Å²) in [7, 11) is 0. The summed E-state index contributed by atoms with van der Waals surface area (Å²) in [4.78, 5) is 9.90. The predicted octanol–water partition coefficient (Wildman–Crippen LogP) is -2.00. The van der Waals surface area contributed by atoms with Crippen molar-refractivity contribution in [1.29, 1.82) is 0 Å². The molecule has 0 spiro atoms. The molecule has 0 amide bonds. The Morgan fingerprint density at radius 1 is 1.00 bits per heavy atom. The SMILES string of the molecule is C=CCOCC=C.O=C[C@H](O)[C@@H](O)[C@@H](O)[C@H](O)CO. The quantitative estimate of drug-likeness (QED) is 0.187. The molecule has 4 atom stereocenters. The van der Waals surface area contributed by atoms with Crippen LogP contribution >= 0.6 is 0 Å². The van der Waals surface area contributed by atoms with E-state index in [4.69, 9.17) is 30.3 Å². The van der Waals surface area contributed by atoms with Crippen LogP contribution in [0.5, 0.6) is 0 Å². The van der Waals surface area contributed by atoms with Crippen LogP contribution in [-0.2, 0) is 9.53 Å². The minimum Gasteiger partial charge on any atom is -0.394 e. The van der Waals surface area contributed by atoms with Crippen LogP contribution in [0.3, 0.4) is 0 Å². The highest BCUT2D eigenvalue weighted by molar-refractivity contribution is 5.56. The van der Waals surface area contributed by atoms with E-state index < -0.39 is 31.0 Å². The van der Waals surface area contributed by atoms with Gasteiger partial charge in [0.15, 0.2) is 6.29 Å². The first-order valence-corrected chi connectivity index (χ1v) is 5.54. The number of hydrogen-bond donors (Lipinski definition) is 5. The zero-order valence-corrected chi connectivity index (χ0v) is 10.6. The Labute approximate surface area is 112 Å². The Morgan fingerprint density at radius 2 is 1.47 bits per heavy atom. The minimum absolute atomic E-state index is 0.0258. The molecule has 0 aromatic heterocycles. The molecule has 0 bridgehead atoms. The maximum Gasteiger partial charge on any atom is 0.151 e. The molecule has 0 aromatic carbocycles. The number of rotatable bonds is 9. The van der Waals surface area contributed by atoms with E-state index in [2.05, 4.69) is 13.2 Å².